The van der Waals surface area contributed by atoms with Crippen LogP contribution in [-0.4, -0.2) is 52.0 Å². The zero-order valence-electron chi connectivity index (χ0n) is 21.3. The normalized spacial score (nSPS) is 15.7. The van der Waals surface area contributed by atoms with Crippen molar-refractivity contribution in [2.24, 2.45) is 9.98 Å². The third kappa shape index (κ3) is 6.37. The van der Waals surface area contributed by atoms with E-state index in [1.165, 1.54) is 16.7 Å². The second-order valence-electron chi connectivity index (χ2n) is 8.74. The molecule has 11 heteroatoms. The number of ether oxygens (including phenoxy) is 1. The van der Waals surface area contributed by atoms with Gasteiger partial charge in [-0.1, -0.05) is 30.0 Å². The van der Waals surface area contributed by atoms with E-state index in [-0.39, 0.29) is 36.3 Å². The van der Waals surface area contributed by atoms with Gasteiger partial charge in [-0.2, -0.15) is 0 Å². The Hall–Kier alpha value is -3.96. The number of benzene rings is 2. The van der Waals surface area contributed by atoms with Crippen molar-refractivity contribution in [3.63, 3.8) is 0 Å². The topological polar surface area (TPSA) is 112 Å². The first-order chi connectivity index (χ1) is 19.0. The fourth-order valence-electron chi connectivity index (χ4n) is 4.17. The van der Waals surface area contributed by atoms with Gasteiger partial charge in [0.05, 0.1) is 24.6 Å². The summed E-state index contributed by atoms with van der Waals surface area (Å²) in [5.74, 6) is 0.689. The molecular formula is C28H27N5O4S2. The fourth-order valence-corrected chi connectivity index (χ4v) is 5.62. The maximum Gasteiger partial charge on any atom is 0.259 e. The van der Waals surface area contributed by atoms with E-state index in [0.29, 0.717) is 35.5 Å². The van der Waals surface area contributed by atoms with Gasteiger partial charge < -0.3 is 15.4 Å². The summed E-state index contributed by atoms with van der Waals surface area (Å²) in [7, 11) is 0. The number of aliphatic imine (C=N–C) groups is 2. The van der Waals surface area contributed by atoms with Crippen LogP contribution in [0.1, 0.15) is 30.2 Å². The molecule has 5 rings (SSSR count). The minimum Gasteiger partial charge on any atom is -0.494 e. The molecule has 9 nitrogen and oxygen atoms in total. The molecule has 0 fully saturated rings. The number of hydrogen-bond donors (Lipinski definition) is 2. The predicted octanol–water partition coefficient (Wildman–Crippen LogP) is 4.57. The lowest BCUT2D eigenvalue weighted by atomic mass is 10.1. The molecular weight excluding hydrogens is 534 g/mol. The number of nitrogens with zero attached hydrogens (tertiary/aromatic N) is 3. The molecule has 2 aliphatic rings. The average Bonchev–Trinajstić information content (AvgIpc) is 3.59. The van der Waals surface area contributed by atoms with Crippen LogP contribution >= 0.6 is 23.1 Å². The molecule has 200 valence electrons. The largest absolute Gasteiger partial charge is 0.494 e. The fraction of sp³-hybridized carbons (Fsp3) is 0.250. The Morgan fingerprint density at radius 1 is 1.08 bits per heavy atom. The first kappa shape index (κ1) is 26.6. The zero-order chi connectivity index (χ0) is 27.2. The number of amidine groups is 2. The Morgan fingerprint density at radius 2 is 1.90 bits per heavy atom. The van der Waals surface area contributed by atoms with Crippen molar-refractivity contribution >= 4 is 63.2 Å². The summed E-state index contributed by atoms with van der Waals surface area (Å²) in [6.07, 6.45) is 0.464. The zero-order valence-corrected chi connectivity index (χ0v) is 22.9. The van der Waals surface area contributed by atoms with Gasteiger partial charge in [-0.3, -0.25) is 19.4 Å². The third-order valence-corrected chi connectivity index (χ3v) is 7.83. The van der Waals surface area contributed by atoms with Crippen LogP contribution in [0, 0.1) is 0 Å². The maximum atomic E-state index is 13.4. The summed E-state index contributed by atoms with van der Waals surface area (Å²) in [5.41, 5.74) is 2.08. The molecule has 0 radical (unpaired) electrons. The monoisotopic (exact) mass is 561 g/mol. The van der Waals surface area contributed by atoms with Gasteiger partial charge >= 0.3 is 0 Å². The van der Waals surface area contributed by atoms with Crippen LogP contribution in [0.2, 0.25) is 0 Å². The lowest BCUT2D eigenvalue weighted by molar-refractivity contribution is -0.125. The number of hydrogen-bond acceptors (Lipinski definition) is 8. The standard InChI is InChI=1S/C28H27N5O4S2/c1-2-37-19-11-9-18(10-12-19)30-25(35)17-39-28-32-22-8-4-3-7-21(22)26-31-23(27(36)33(26)28)13-14-24(34)29-16-20-6-5-15-38-20/h3-12,15,23H,2,13-14,16-17H2,1H3,(H,29,34)(H,30,35)/t23-/m1/s1. The van der Waals surface area contributed by atoms with Crippen LogP contribution in [0.15, 0.2) is 76.0 Å². The van der Waals surface area contributed by atoms with E-state index in [9.17, 15) is 14.4 Å². The van der Waals surface area contributed by atoms with Gasteiger partial charge in [-0.25, -0.2) is 9.89 Å². The van der Waals surface area contributed by atoms with Gasteiger partial charge in [-0.05, 0) is 61.2 Å². The van der Waals surface area contributed by atoms with Gasteiger partial charge in [0, 0.05) is 22.5 Å². The highest BCUT2D eigenvalue weighted by molar-refractivity contribution is 8.14. The molecule has 0 unspecified atom stereocenters. The number of carbonyl (C=O) groups excluding carboxylic acids is 3. The predicted molar refractivity (Wildman–Crippen MR) is 155 cm³/mol. The minimum absolute atomic E-state index is 0.0566. The highest BCUT2D eigenvalue weighted by atomic mass is 32.2. The Morgan fingerprint density at radius 3 is 2.67 bits per heavy atom. The minimum atomic E-state index is -0.692. The summed E-state index contributed by atoms with van der Waals surface area (Å²) in [6.45, 7) is 2.94. The quantitative estimate of drug-likeness (QED) is 0.377. The number of rotatable bonds is 10. The Kier molecular flexibility index (Phi) is 8.38. The summed E-state index contributed by atoms with van der Waals surface area (Å²) in [6, 6.07) is 17.8. The van der Waals surface area contributed by atoms with Crippen molar-refractivity contribution in [1.29, 1.82) is 0 Å². The summed E-state index contributed by atoms with van der Waals surface area (Å²) in [5, 5.41) is 8.10. The molecule has 0 saturated heterocycles. The number of amides is 3. The van der Waals surface area contributed by atoms with Crippen LogP contribution in [0.4, 0.5) is 11.4 Å². The maximum absolute atomic E-state index is 13.4. The number of anilines is 1. The van der Waals surface area contributed by atoms with E-state index in [4.69, 9.17) is 9.73 Å². The van der Waals surface area contributed by atoms with Crippen LogP contribution < -0.4 is 15.4 Å². The number of para-hydroxylation sites is 1. The highest BCUT2D eigenvalue weighted by Crippen LogP contribution is 2.34. The molecule has 0 aliphatic carbocycles. The summed E-state index contributed by atoms with van der Waals surface area (Å²) >= 11 is 2.75. The smallest absolute Gasteiger partial charge is 0.259 e. The van der Waals surface area contributed by atoms with Crippen LogP contribution in [0.3, 0.4) is 0 Å². The molecule has 3 heterocycles. The lowest BCUT2D eigenvalue weighted by Crippen LogP contribution is -2.41. The first-order valence-corrected chi connectivity index (χ1v) is 14.4. The van der Waals surface area contributed by atoms with Crippen molar-refractivity contribution in [3.8, 4) is 5.75 Å². The molecule has 3 amide bonds. The Bertz CT molecular complexity index is 1420. The van der Waals surface area contributed by atoms with E-state index >= 15 is 0 Å². The Balaban J connectivity index is 1.23. The molecule has 1 aromatic heterocycles. The lowest BCUT2D eigenvalue weighted by Gasteiger charge is -2.25. The molecule has 0 spiro atoms. The van der Waals surface area contributed by atoms with Crippen molar-refractivity contribution < 1.29 is 19.1 Å². The van der Waals surface area contributed by atoms with Crippen molar-refractivity contribution in [1.82, 2.24) is 10.2 Å². The van der Waals surface area contributed by atoms with Crippen LogP contribution in [-0.2, 0) is 20.9 Å². The van der Waals surface area contributed by atoms with Gasteiger partial charge in [0.25, 0.3) is 5.91 Å². The van der Waals surface area contributed by atoms with Crippen LogP contribution in [0.25, 0.3) is 0 Å². The van der Waals surface area contributed by atoms with Crippen molar-refractivity contribution in [3.05, 3.63) is 76.5 Å². The van der Waals surface area contributed by atoms with E-state index in [0.717, 1.165) is 16.2 Å². The third-order valence-electron chi connectivity index (χ3n) is 6.01. The first-order valence-electron chi connectivity index (χ1n) is 12.6. The molecule has 3 aromatic rings. The molecule has 39 heavy (non-hydrogen) atoms. The summed E-state index contributed by atoms with van der Waals surface area (Å²) < 4.78 is 5.43. The highest BCUT2D eigenvalue weighted by Gasteiger charge is 2.41. The molecule has 0 saturated carbocycles. The van der Waals surface area contributed by atoms with E-state index in [2.05, 4.69) is 15.6 Å². The second-order valence-corrected chi connectivity index (χ2v) is 10.7. The van der Waals surface area contributed by atoms with Gasteiger partial charge in [0.1, 0.15) is 17.6 Å². The number of carbonyl (C=O) groups is 3. The van der Waals surface area contributed by atoms with E-state index in [1.807, 2.05) is 48.7 Å². The average molecular weight is 562 g/mol. The Labute approximate surface area is 234 Å². The number of thiophene rings is 1. The second kappa shape index (κ2) is 12.3. The van der Waals surface area contributed by atoms with Gasteiger partial charge in [-0.15, -0.1) is 11.3 Å². The number of thioether (sulfide) groups is 1. The van der Waals surface area contributed by atoms with Crippen molar-refractivity contribution in [2.75, 3.05) is 17.7 Å². The van der Waals surface area contributed by atoms with Gasteiger partial charge in [0.15, 0.2) is 5.17 Å². The molecule has 2 aromatic carbocycles. The molecule has 2 aliphatic heterocycles. The van der Waals surface area contributed by atoms with Gasteiger partial charge in [0.2, 0.25) is 11.8 Å². The SMILES string of the molecule is CCOc1ccc(NC(=O)CSC2=Nc3ccccc3C3=N[C@H](CCC(=O)NCc4cccs4)C(=O)N23)cc1. The summed E-state index contributed by atoms with van der Waals surface area (Å²) in [4.78, 5) is 50.4. The number of nitrogens with one attached hydrogen (secondary N) is 2. The van der Waals surface area contributed by atoms with Crippen molar-refractivity contribution in [2.45, 2.75) is 32.4 Å². The molecule has 0 bridgehead atoms. The van der Waals surface area contributed by atoms with Crippen LogP contribution in [0.5, 0.6) is 5.75 Å². The molecule has 2 N–H and O–H groups in total. The van der Waals surface area contributed by atoms with E-state index < -0.39 is 6.04 Å². The van der Waals surface area contributed by atoms with E-state index in [1.54, 1.807) is 35.6 Å². The number of fused-ring (bicyclic) bond motifs is 3. The molecule has 1 atom stereocenters.